The fourth-order valence-corrected chi connectivity index (χ4v) is 1.03. The lowest BCUT2D eigenvalue weighted by Crippen LogP contribution is -2.08. The number of para-hydroxylation sites is 1. The molecule has 1 aromatic rings. The van der Waals surface area contributed by atoms with E-state index in [9.17, 15) is 19.7 Å². The van der Waals surface area contributed by atoms with Gasteiger partial charge in [0.1, 0.15) is 0 Å². The molecule has 0 unspecified atom stereocenters. The number of nitro benzene ring substituents is 1. The standard InChI is InChI=1S/C10H7NO5/c12-9(10(13)14)6-5-7-3-1-2-4-8(7)11(15)16/h1-6H,(H,13,14)/b6-5-. The van der Waals surface area contributed by atoms with Crippen LogP contribution in [-0.4, -0.2) is 21.8 Å². The molecule has 6 heteroatoms. The van der Waals surface area contributed by atoms with E-state index in [4.69, 9.17) is 5.11 Å². The first kappa shape index (κ1) is 11.6. The summed E-state index contributed by atoms with van der Waals surface area (Å²) in [6.45, 7) is 0. The van der Waals surface area contributed by atoms with Crippen molar-refractivity contribution in [1.82, 2.24) is 0 Å². The first-order valence-corrected chi connectivity index (χ1v) is 4.21. The minimum Gasteiger partial charge on any atom is -0.475 e. The van der Waals surface area contributed by atoms with Gasteiger partial charge in [0, 0.05) is 6.07 Å². The maximum absolute atomic E-state index is 10.7. The summed E-state index contributed by atoms with van der Waals surface area (Å²) in [5.41, 5.74) is -0.000890. The third-order valence-corrected chi connectivity index (χ3v) is 1.76. The van der Waals surface area contributed by atoms with Gasteiger partial charge in [-0.1, -0.05) is 12.1 Å². The molecule has 1 N–H and O–H groups in total. The van der Waals surface area contributed by atoms with E-state index in [0.717, 1.165) is 12.2 Å². The van der Waals surface area contributed by atoms with E-state index in [1.807, 2.05) is 0 Å². The number of carboxylic acid groups (broad SMARTS) is 1. The minimum atomic E-state index is -1.60. The van der Waals surface area contributed by atoms with Gasteiger partial charge in [-0.05, 0) is 18.2 Å². The highest BCUT2D eigenvalue weighted by molar-refractivity contribution is 6.38. The van der Waals surface area contributed by atoms with Crippen LogP contribution < -0.4 is 0 Å². The molecule has 0 amide bonds. The smallest absolute Gasteiger partial charge is 0.376 e. The fraction of sp³-hybridized carbons (Fsp3) is 0. The summed E-state index contributed by atoms with van der Waals surface area (Å²) in [5, 5.41) is 18.9. The quantitative estimate of drug-likeness (QED) is 0.357. The molecule has 0 saturated heterocycles. The summed E-state index contributed by atoms with van der Waals surface area (Å²) in [7, 11) is 0. The van der Waals surface area contributed by atoms with Gasteiger partial charge in [0.05, 0.1) is 10.5 Å². The fourth-order valence-electron chi connectivity index (χ4n) is 1.03. The zero-order chi connectivity index (χ0) is 12.1. The summed E-state index contributed by atoms with van der Waals surface area (Å²) in [6, 6.07) is 5.72. The van der Waals surface area contributed by atoms with Gasteiger partial charge in [-0.2, -0.15) is 0 Å². The number of aliphatic carboxylic acids is 1. The molecule has 0 aliphatic rings. The summed E-state index contributed by atoms with van der Waals surface area (Å²) in [4.78, 5) is 30.9. The van der Waals surface area contributed by atoms with Crippen LogP contribution in [-0.2, 0) is 9.59 Å². The van der Waals surface area contributed by atoms with Crippen molar-refractivity contribution in [2.24, 2.45) is 0 Å². The molecule has 0 aliphatic heterocycles. The molecule has 16 heavy (non-hydrogen) atoms. The van der Waals surface area contributed by atoms with Gasteiger partial charge in [-0.25, -0.2) is 4.79 Å². The van der Waals surface area contributed by atoms with Crippen LogP contribution in [0.25, 0.3) is 6.08 Å². The number of hydrogen-bond donors (Lipinski definition) is 1. The third kappa shape index (κ3) is 2.74. The second-order valence-corrected chi connectivity index (χ2v) is 2.82. The molecular formula is C10H7NO5. The Morgan fingerprint density at radius 2 is 1.94 bits per heavy atom. The van der Waals surface area contributed by atoms with Crippen LogP contribution in [0.5, 0.6) is 0 Å². The van der Waals surface area contributed by atoms with Gasteiger partial charge < -0.3 is 5.11 Å². The maximum Gasteiger partial charge on any atom is 0.376 e. The van der Waals surface area contributed by atoms with Crippen molar-refractivity contribution in [1.29, 1.82) is 0 Å². The van der Waals surface area contributed by atoms with Gasteiger partial charge in [0.2, 0.25) is 0 Å². The van der Waals surface area contributed by atoms with Gasteiger partial charge in [0.25, 0.3) is 11.5 Å². The van der Waals surface area contributed by atoms with Gasteiger partial charge in [-0.3, -0.25) is 14.9 Å². The summed E-state index contributed by atoms with van der Waals surface area (Å²) < 4.78 is 0. The number of nitro groups is 1. The second kappa shape index (κ2) is 4.83. The third-order valence-electron chi connectivity index (χ3n) is 1.76. The molecule has 82 valence electrons. The molecule has 0 aromatic heterocycles. The first-order chi connectivity index (χ1) is 7.52. The highest BCUT2D eigenvalue weighted by Crippen LogP contribution is 2.18. The zero-order valence-electron chi connectivity index (χ0n) is 7.99. The molecule has 0 aliphatic carbocycles. The van der Waals surface area contributed by atoms with Gasteiger partial charge in [-0.15, -0.1) is 0 Å². The molecule has 0 fully saturated rings. The van der Waals surface area contributed by atoms with Crippen molar-refractivity contribution in [2.45, 2.75) is 0 Å². The highest BCUT2D eigenvalue weighted by atomic mass is 16.6. The molecule has 0 spiro atoms. The van der Waals surface area contributed by atoms with Crippen molar-refractivity contribution < 1.29 is 19.6 Å². The number of carboxylic acids is 1. The van der Waals surface area contributed by atoms with Crippen molar-refractivity contribution in [2.75, 3.05) is 0 Å². The van der Waals surface area contributed by atoms with Crippen LogP contribution in [0.4, 0.5) is 5.69 Å². The number of nitrogens with zero attached hydrogens (tertiary/aromatic N) is 1. The lowest BCUT2D eigenvalue weighted by Gasteiger charge is -1.95. The lowest BCUT2D eigenvalue weighted by molar-refractivity contribution is -0.385. The van der Waals surface area contributed by atoms with Crippen molar-refractivity contribution in [3.05, 3.63) is 46.0 Å². The van der Waals surface area contributed by atoms with Gasteiger partial charge in [0.15, 0.2) is 0 Å². The first-order valence-electron chi connectivity index (χ1n) is 4.21. The van der Waals surface area contributed by atoms with E-state index in [1.165, 1.54) is 18.2 Å². The van der Waals surface area contributed by atoms with Crippen LogP contribution >= 0.6 is 0 Å². The van der Waals surface area contributed by atoms with Crippen LogP contribution in [0.1, 0.15) is 5.56 Å². The van der Waals surface area contributed by atoms with E-state index in [1.54, 1.807) is 6.07 Å². The zero-order valence-corrected chi connectivity index (χ0v) is 7.99. The number of carbonyl (C=O) groups is 2. The minimum absolute atomic E-state index is 0.183. The highest BCUT2D eigenvalue weighted by Gasteiger charge is 2.11. The van der Waals surface area contributed by atoms with Crippen LogP contribution in [0.2, 0.25) is 0 Å². The monoisotopic (exact) mass is 221 g/mol. The Bertz CT molecular complexity index is 478. The van der Waals surface area contributed by atoms with Gasteiger partial charge >= 0.3 is 5.97 Å². The molecule has 0 atom stereocenters. The number of ketones is 1. The van der Waals surface area contributed by atoms with E-state index in [0.29, 0.717) is 0 Å². The van der Waals surface area contributed by atoms with Crippen LogP contribution in [0, 0.1) is 10.1 Å². The summed E-state index contributed by atoms with van der Waals surface area (Å²) >= 11 is 0. The molecule has 0 bridgehead atoms. The Labute approximate surface area is 90.0 Å². The topological polar surface area (TPSA) is 97.5 Å². The average molecular weight is 221 g/mol. The summed E-state index contributed by atoms with van der Waals surface area (Å²) in [5.74, 6) is -2.73. The van der Waals surface area contributed by atoms with Crippen molar-refractivity contribution in [3.8, 4) is 0 Å². The van der Waals surface area contributed by atoms with E-state index >= 15 is 0 Å². The Balaban J connectivity index is 3.02. The van der Waals surface area contributed by atoms with E-state index in [-0.39, 0.29) is 11.3 Å². The predicted molar refractivity (Wildman–Crippen MR) is 54.8 cm³/mol. The second-order valence-electron chi connectivity index (χ2n) is 2.82. The number of benzene rings is 1. The number of hydrogen-bond acceptors (Lipinski definition) is 4. The largest absolute Gasteiger partial charge is 0.475 e. The molecule has 6 nitrogen and oxygen atoms in total. The molecule has 0 saturated carbocycles. The molecule has 0 heterocycles. The van der Waals surface area contributed by atoms with Crippen molar-refractivity contribution in [3.63, 3.8) is 0 Å². The molecule has 1 aromatic carbocycles. The van der Waals surface area contributed by atoms with Crippen molar-refractivity contribution >= 4 is 23.5 Å². The van der Waals surface area contributed by atoms with E-state index < -0.39 is 16.7 Å². The van der Waals surface area contributed by atoms with Crippen LogP contribution in [0.3, 0.4) is 0 Å². The molecular weight excluding hydrogens is 214 g/mol. The molecule has 1 rings (SSSR count). The predicted octanol–water partition coefficient (Wildman–Crippen LogP) is 1.26. The van der Waals surface area contributed by atoms with E-state index in [2.05, 4.69) is 0 Å². The Morgan fingerprint density at radius 3 is 2.50 bits per heavy atom. The lowest BCUT2D eigenvalue weighted by atomic mass is 10.1. The SMILES string of the molecule is O=C(O)C(=O)/C=C\c1ccccc1[N+](=O)[O-]. The normalized spacial score (nSPS) is 10.2. The number of rotatable bonds is 4. The Morgan fingerprint density at radius 1 is 1.31 bits per heavy atom. The van der Waals surface area contributed by atoms with Crippen LogP contribution in [0.15, 0.2) is 30.3 Å². The Kier molecular flexibility index (Phi) is 3.49. The summed E-state index contributed by atoms with van der Waals surface area (Å²) in [6.07, 6.45) is 1.89. The molecule has 0 radical (unpaired) electrons. The average Bonchev–Trinajstić information content (AvgIpc) is 2.25. The number of carbonyl (C=O) groups excluding carboxylic acids is 1. The maximum atomic E-state index is 10.7. The Hall–Kier alpha value is -2.50.